The summed E-state index contributed by atoms with van der Waals surface area (Å²) >= 11 is 0. The van der Waals surface area contributed by atoms with E-state index in [1.165, 1.54) is 11.2 Å². The molecule has 20 heavy (non-hydrogen) atoms. The number of hydrogen-bond acceptors (Lipinski definition) is 5. The number of nitrogens with zero attached hydrogens (tertiary/aromatic N) is 5. The smallest absolute Gasteiger partial charge is 0.273 e. The van der Waals surface area contributed by atoms with E-state index in [1.807, 2.05) is 0 Å². The summed E-state index contributed by atoms with van der Waals surface area (Å²) in [6, 6.07) is 1.66. The lowest BCUT2D eigenvalue weighted by Gasteiger charge is -2.10. The average Bonchev–Trinajstić information content (AvgIpc) is 2.89. The van der Waals surface area contributed by atoms with Gasteiger partial charge < -0.3 is 10.6 Å². The van der Waals surface area contributed by atoms with Crippen LogP contribution < -0.4 is 5.73 Å². The first-order valence-corrected chi connectivity index (χ1v) is 6.41. The Morgan fingerprint density at radius 1 is 1.40 bits per heavy atom. The van der Waals surface area contributed by atoms with Crippen LogP contribution in [0, 0.1) is 0 Å². The van der Waals surface area contributed by atoms with Crippen molar-refractivity contribution in [2.24, 2.45) is 0 Å². The maximum Gasteiger partial charge on any atom is 0.273 e. The predicted molar refractivity (Wildman–Crippen MR) is 75.6 cm³/mol. The fourth-order valence-corrected chi connectivity index (χ4v) is 1.89. The zero-order valence-corrected chi connectivity index (χ0v) is 11.9. The van der Waals surface area contributed by atoms with Crippen LogP contribution in [0.2, 0.25) is 0 Å². The number of rotatable bonds is 4. The predicted octanol–water partition coefficient (Wildman–Crippen LogP) is 0.899. The molecule has 0 spiro atoms. The van der Waals surface area contributed by atoms with E-state index in [9.17, 15) is 4.79 Å². The van der Waals surface area contributed by atoms with Crippen LogP contribution in [0.25, 0.3) is 5.82 Å². The third kappa shape index (κ3) is 2.61. The molecule has 7 heteroatoms. The van der Waals surface area contributed by atoms with Crippen LogP contribution in [0.3, 0.4) is 0 Å². The van der Waals surface area contributed by atoms with Gasteiger partial charge in [0.2, 0.25) is 0 Å². The molecule has 2 N–H and O–H groups in total. The van der Waals surface area contributed by atoms with Gasteiger partial charge in [0.05, 0.1) is 0 Å². The SMILES string of the molecule is CCCc1c(N)ncnc1-n1ccc(C(=O)N(C)C)n1. The second-order valence-electron chi connectivity index (χ2n) is 4.66. The third-order valence-electron chi connectivity index (χ3n) is 2.89. The molecule has 0 fully saturated rings. The first kappa shape index (κ1) is 14.0. The van der Waals surface area contributed by atoms with Gasteiger partial charge in [-0.1, -0.05) is 13.3 Å². The van der Waals surface area contributed by atoms with E-state index in [2.05, 4.69) is 22.0 Å². The van der Waals surface area contributed by atoms with Gasteiger partial charge in [-0.15, -0.1) is 0 Å². The van der Waals surface area contributed by atoms with Crippen LogP contribution in [-0.2, 0) is 6.42 Å². The lowest BCUT2D eigenvalue weighted by atomic mass is 10.1. The Kier molecular flexibility index (Phi) is 3.97. The van der Waals surface area contributed by atoms with Crippen molar-refractivity contribution in [3.63, 3.8) is 0 Å². The Morgan fingerprint density at radius 2 is 2.15 bits per heavy atom. The minimum atomic E-state index is -0.150. The fraction of sp³-hybridized carbons (Fsp3) is 0.385. The molecule has 0 radical (unpaired) electrons. The fourth-order valence-electron chi connectivity index (χ4n) is 1.89. The van der Waals surface area contributed by atoms with Crippen LogP contribution in [-0.4, -0.2) is 44.7 Å². The third-order valence-corrected chi connectivity index (χ3v) is 2.89. The van der Waals surface area contributed by atoms with Crippen molar-refractivity contribution < 1.29 is 4.79 Å². The quantitative estimate of drug-likeness (QED) is 0.894. The molecule has 0 unspecified atom stereocenters. The highest BCUT2D eigenvalue weighted by molar-refractivity contribution is 5.91. The van der Waals surface area contributed by atoms with Crippen LogP contribution in [0.4, 0.5) is 5.82 Å². The molecule has 2 rings (SSSR count). The van der Waals surface area contributed by atoms with E-state index in [0.29, 0.717) is 17.3 Å². The molecular formula is C13H18N6O. The zero-order valence-electron chi connectivity index (χ0n) is 11.9. The van der Waals surface area contributed by atoms with E-state index in [4.69, 9.17) is 5.73 Å². The number of hydrogen-bond donors (Lipinski definition) is 1. The van der Waals surface area contributed by atoms with Gasteiger partial charge in [-0.3, -0.25) is 4.79 Å². The van der Waals surface area contributed by atoms with Crippen LogP contribution in [0.1, 0.15) is 29.4 Å². The molecule has 0 bridgehead atoms. The second-order valence-corrected chi connectivity index (χ2v) is 4.66. The standard InChI is InChI=1S/C13H18N6O/c1-4-5-9-11(14)15-8-16-12(9)19-7-6-10(17-19)13(20)18(2)3/h6-8H,4-5H2,1-3H3,(H2,14,15,16). The number of carbonyl (C=O) groups excluding carboxylic acids is 1. The number of aromatic nitrogens is 4. The minimum absolute atomic E-state index is 0.150. The molecule has 0 aliphatic rings. The number of carbonyl (C=O) groups is 1. The van der Waals surface area contributed by atoms with Crippen molar-refractivity contribution >= 4 is 11.7 Å². The molecule has 1 amide bonds. The van der Waals surface area contributed by atoms with Crippen molar-refractivity contribution in [3.05, 3.63) is 29.8 Å². The van der Waals surface area contributed by atoms with E-state index < -0.39 is 0 Å². The lowest BCUT2D eigenvalue weighted by molar-refractivity contribution is 0.0821. The molecule has 0 aliphatic carbocycles. The highest BCUT2D eigenvalue weighted by Crippen LogP contribution is 2.18. The molecule has 7 nitrogen and oxygen atoms in total. The molecule has 0 atom stereocenters. The Hall–Kier alpha value is -2.44. The van der Waals surface area contributed by atoms with Crippen LogP contribution >= 0.6 is 0 Å². The van der Waals surface area contributed by atoms with Gasteiger partial charge in [0.1, 0.15) is 12.1 Å². The van der Waals surface area contributed by atoms with Crippen LogP contribution in [0.15, 0.2) is 18.6 Å². The summed E-state index contributed by atoms with van der Waals surface area (Å²) in [6.45, 7) is 2.06. The highest BCUT2D eigenvalue weighted by atomic mass is 16.2. The maximum absolute atomic E-state index is 11.9. The average molecular weight is 274 g/mol. The van der Waals surface area contributed by atoms with Crippen molar-refractivity contribution in [2.75, 3.05) is 19.8 Å². The van der Waals surface area contributed by atoms with E-state index in [-0.39, 0.29) is 5.91 Å². The summed E-state index contributed by atoms with van der Waals surface area (Å²) in [6.07, 6.45) is 4.80. The van der Waals surface area contributed by atoms with Crippen LogP contribution in [0.5, 0.6) is 0 Å². The van der Waals surface area contributed by atoms with Gasteiger partial charge in [-0.25, -0.2) is 14.6 Å². The first-order valence-electron chi connectivity index (χ1n) is 6.41. The summed E-state index contributed by atoms with van der Waals surface area (Å²) in [7, 11) is 3.37. The van der Waals surface area contributed by atoms with Gasteiger partial charge in [-0.2, -0.15) is 5.10 Å². The maximum atomic E-state index is 11.9. The Labute approximate surface area is 117 Å². The van der Waals surface area contributed by atoms with Gasteiger partial charge in [0.15, 0.2) is 11.5 Å². The largest absolute Gasteiger partial charge is 0.383 e. The van der Waals surface area contributed by atoms with Crippen molar-refractivity contribution in [1.82, 2.24) is 24.6 Å². The molecule has 0 aliphatic heterocycles. The van der Waals surface area contributed by atoms with Gasteiger partial charge in [-0.05, 0) is 12.5 Å². The Balaban J connectivity index is 2.42. The summed E-state index contributed by atoms with van der Waals surface area (Å²) in [5, 5.41) is 4.27. The molecule has 106 valence electrons. The number of amides is 1. The molecule has 2 aromatic rings. The summed E-state index contributed by atoms with van der Waals surface area (Å²) in [5.74, 6) is 0.924. The molecule has 0 saturated carbocycles. The van der Waals surface area contributed by atoms with Gasteiger partial charge in [0.25, 0.3) is 5.91 Å². The zero-order chi connectivity index (χ0) is 14.7. The highest BCUT2D eigenvalue weighted by Gasteiger charge is 2.15. The van der Waals surface area contributed by atoms with Crippen molar-refractivity contribution in [2.45, 2.75) is 19.8 Å². The number of nitrogens with two attached hydrogens (primary N) is 1. The molecule has 0 aromatic carbocycles. The molecular weight excluding hydrogens is 256 g/mol. The minimum Gasteiger partial charge on any atom is -0.383 e. The van der Waals surface area contributed by atoms with Gasteiger partial charge in [0, 0.05) is 25.9 Å². The van der Waals surface area contributed by atoms with E-state index >= 15 is 0 Å². The molecule has 2 heterocycles. The Morgan fingerprint density at radius 3 is 2.80 bits per heavy atom. The summed E-state index contributed by atoms with van der Waals surface area (Å²) < 4.78 is 1.57. The van der Waals surface area contributed by atoms with Gasteiger partial charge >= 0.3 is 0 Å². The summed E-state index contributed by atoms with van der Waals surface area (Å²) in [5.41, 5.74) is 7.11. The lowest BCUT2D eigenvalue weighted by Crippen LogP contribution is -2.22. The monoisotopic (exact) mass is 274 g/mol. The summed E-state index contributed by atoms with van der Waals surface area (Å²) in [4.78, 5) is 21.6. The molecule has 0 saturated heterocycles. The number of nitrogen functional groups attached to an aromatic ring is 1. The first-order chi connectivity index (χ1) is 9.54. The number of anilines is 1. The van der Waals surface area contributed by atoms with E-state index in [0.717, 1.165) is 18.4 Å². The van der Waals surface area contributed by atoms with E-state index in [1.54, 1.807) is 31.0 Å². The Bertz CT molecular complexity index is 619. The second kappa shape index (κ2) is 5.68. The molecule has 2 aromatic heterocycles. The van der Waals surface area contributed by atoms with Crippen molar-refractivity contribution in [3.8, 4) is 5.82 Å². The van der Waals surface area contributed by atoms with Crippen molar-refractivity contribution in [1.29, 1.82) is 0 Å². The normalized spacial score (nSPS) is 10.6. The topological polar surface area (TPSA) is 89.9 Å².